The Morgan fingerprint density at radius 2 is 2.00 bits per heavy atom. The summed E-state index contributed by atoms with van der Waals surface area (Å²) < 4.78 is 0. The topological polar surface area (TPSA) is 15.3 Å². The van der Waals surface area contributed by atoms with Crippen LogP contribution in [-0.4, -0.2) is 37.1 Å². The van der Waals surface area contributed by atoms with E-state index in [9.17, 15) is 0 Å². The van der Waals surface area contributed by atoms with Gasteiger partial charge in [0.2, 0.25) is 0 Å². The Balaban J connectivity index is 4.31. The first-order chi connectivity index (χ1) is 7.17. The standard InChI is InChI=1S/C13H26N2/c1-6-9-15(10-7-2)13(12(4)5)11-14-8-3/h1,12-14H,7-11H2,2-5H3. The normalized spacial score (nSPS) is 13.1. The number of nitrogens with one attached hydrogen (secondary N) is 1. The highest BCUT2D eigenvalue weighted by Crippen LogP contribution is 2.10. The van der Waals surface area contributed by atoms with Gasteiger partial charge in [0.25, 0.3) is 0 Å². The van der Waals surface area contributed by atoms with Crippen molar-refractivity contribution in [2.75, 3.05) is 26.2 Å². The van der Waals surface area contributed by atoms with Gasteiger partial charge in [0.05, 0.1) is 6.54 Å². The molecular weight excluding hydrogens is 184 g/mol. The smallest absolute Gasteiger partial charge is 0.0601 e. The number of hydrogen-bond donors (Lipinski definition) is 1. The zero-order valence-corrected chi connectivity index (χ0v) is 10.7. The van der Waals surface area contributed by atoms with Gasteiger partial charge >= 0.3 is 0 Å². The number of hydrogen-bond acceptors (Lipinski definition) is 2. The van der Waals surface area contributed by atoms with Crippen molar-refractivity contribution in [2.24, 2.45) is 5.92 Å². The predicted octanol–water partition coefficient (Wildman–Crippen LogP) is 1.97. The molecule has 0 aromatic carbocycles. The molecule has 0 saturated carbocycles. The molecule has 0 aromatic heterocycles. The van der Waals surface area contributed by atoms with Crippen molar-refractivity contribution in [3.63, 3.8) is 0 Å². The minimum absolute atomic E-state index is 0.556. The molecule has 0 aliphatic heterocycles. The van der Waals surface area contributed by atoms with Crippen molar-refractivity contribution in [3.8, 4) is 12.3 Å². The van der Waals surface area contributed by atoms with Crippen molar-refractivity contribution >= 4 is 0 Å². The first kappa shape index (κ1) is 14.5. The van der Waals surface area contributed by atoms with Gasteiger partial charge in [-0.1, -0.05) is 33.6 Å². The monoisotopic (exact) mass is 210 g/mol. The quantitative estimate of drug-likeness (QED) is 0.616. The molecular formula is C13H26N2. The lowest BCUT2D eigenvalue weighted by atomic mass is 10.0. The molecule has 0 aliphatic rings. The fraction of sp³-hybridized carbons (Fsp3) is 0.846. The maximum absolute atomic E-state index is 5.41. The molecule has 0 spiro atoms. The molecule has 0 saturated heterocycles. The summed E-state index contributed by atoms with van der Waals surface area (Å²) in [4.78, 5) is 2.41. The third kappa shape index (κ3) is 5.81. The number of nitrogens with zero attached hydrogens (tertiary/aromatic N) is 1. The van der Waals surface area contributed by atoms with Crippen molar-refractivity contribution < 1.29 is 0 Å². The van der Waals surface area contributed by atoms with Crippen LogP contribution in [0.3, 0.4) is 0 Å². The first-order valence-corrected chi connectivity index (χ1v) is 6.05. The molecule has 0 aliphatic carbocycles. The zero-order valence-electron chi connectivity index (χ0n) is 10.7. The largest absolute Gasteiger partial charge is 0.315 e. The molecule has 1 N–H and O–H groups in total. The fourth-order valence-corrected chi connectivity index (χ4v) is 1.85. The third-order valence-electron chi connectivity index (χ3n) is 2.65. The lowest BCUT2D eigenvalue weighted by molar-refractivity contribution is 0.171. The molecule has 1 atom stereocenters. The Labute approximate surface area is 95.4 Å². The third-order valence-corrected chi connectivity index (χ3v) is 2.65. The second-order valence-corrected chi connectivity index (χ2v) is 4.29. The highest BCUT2D eigenvalue weighted by Gasteiger charge is 2.19. The van der Waals surface area contributed by atoms with Crippen LogP contribution in [-0.2, 0) is 0 Å². The van der Waals surface area contributed by atoms with Gasteiger partial charge in [-0.2, -0.15) is 0 Å². The van der Waals surface area contributed by atoms with Crippen LogP contribution in [0.2, 0.25) is 0 Å². The molecule has 0 heterocycles. The Morgan fingerprint density at radius 3 is 2.40 bits per heavy atom. The second-order valence-electron chi connectivity index (χ2n) is 4.29. The average molecular weight is 210 g/mol. The summed E-state index contributed by atoms with van der Waals surface area (Å²) in [5.74, 6) is 3.41. The molecule has 0 fully saturated rings. The SMILES string of the molecule is C#CCN(CCC)C(CNCC)C(C)C. The van der Waals surface area contributed by atoms with E-state index >= 15 is 0 Å². The summed E-state index contributed by atoms with van der Waals surface area (Å²) >= 11 is 0. The summed E-state index contributed by atoms with van der Waals surface area (Å²) in [6.45, 7) is 12.8. The van der Waals surface area contributed by atoms with Gasteiger partial charge < -0.3 is 5.32 Å². The van der Waals surface area contributed by atoms with E-state index in [0.29, 0.717) is 12.0 Å². The van der Waals surface area contributed by atoms with E-state index in [1.807, 2.05) is 0 Å². The van der Waals surface area contributed by atoms with E-state index in [0.717, 1.165) is 32.6 Å². The van der Waals surface area contributed by atoms with E-state index < -0.39 is 0 Å². The highest BCUT2D eigenvalue weighted by atomic mass is 15.2. The van der Waals surface area contributed by atoms with E-state index in [4.69, 9.17) is 6.42 Å². The molecule has 2 nitrogen and oxygen atoms in total. The minimum Gasteiger partial charge on any atom is -0.315 e. The Hall–Kier alpha value is -0.520. The number of terminal acetylenes is 1. The maximum atomic E-state index is 5.41. The van der Waals surface area contributed by atoms with Crippen LogP contribution >= 0.6 is 0 Å². The molecule has 0 amide bonds. The van der Waals surface area contributed by atoms with E-state index in [2.05, 4.69) is 43.8 Å². The zero-order chi connectivity index (χ0) is 11.7. The van der Waals surface area contributed by atoms with Gasteiger partial charge in [0.1, 0.15) is 0 Å². The molecule has 0 aromatic rings. The summed E-state index contributed by atoms with van der Waals surface area (Å²) in [6, 6.07) is 0.556. The summed E-state index contributed by atoms with van der Waals surface area (Å²) in [7, 11) is 0. The lowest BCUT2D eigenvalue weighted by Crippen LogP contribution is -2.46. The van der Waals surface area contributed by atoms with Crippen LogP contribution in [0.25, 0.3) is 0 Å². The average Bonchev–Trinajstić information content (AvgIpc) is 2.18. The van der Waals surface area contributed by atoms with Gasteiger partial charge in [-0.3, -0.25) is 4.90 Å². The van der Waals surface area contributed by atoms with Crippen LogP contribution in [0.5, 0.6) is 0 Å². The Bertz CT molecular complexity index is 181. The molecule has 1 unspecified atom stereocenters. The van der Waals surface area contributed by atoms with E-state index in [1.54, 1.807) is 0 Å². The Kier molecular flexibility index (Phi) is 8.46. The van der Waals surface area contributed by atoms with Crippen molar-refractivity contribution in [1.29, 1.82) is 0 Å². The van der Waals surface area contributed by atoms with Crippen LogP contribution in [0.15, 0.2) is 0 Å². The minimum atomic E-state index is 0.556. The van der Waals surface area contributed by atoms with E-state index in [-0.39, 0.29) is 0 Å². The van der Waals surface area contributed by atoms with Gasteiger partial charge in [-0.25, -0.2) is 0 Å². The molecule has 0 bridgehead atoms. The van der Waals surface area contributed by atoms with Crippen LogP contribution in [0.1, 0.15) is 34.1 Å². The summed E-state index contributed by atoms with van der Waals surface area (Å²) in [5, 5.41) is 3.42. The summed E-state index contributed by atoms with van der Waals surface area (Å²) in [5.41, 5.74) is 0. The van der Waals surface area contributed by atoms with Gasteiger partial charge in [0.15, 0.2) is 0 Å². The summed E-state index contributed by atoms with van der Waals surface area (Å²) in [6.07, 6.45) is 6.58. The predicted molar refractivity (Wildman–Crippen MR) is 67.9 cm³/mol. The first-order valence-electron chi connectivity index (χ1n) is 6.05. The molecule has 15 heavy (non-hydrogen) atoms. The molecule has 88 valence electrons. The lowest BCUT2D eigenvalue weighted by Gasteiger charge is -2.33. The number of likely N-dealkylation sites (N-methyl/N-ethyl adjacent to an activating group) is 1. The Morgan fingerprint density at radius 1 is 1.33 bits per heavy atom. The van der Waals surface area contributed by atoms with Crippen LogP contribution in [0.4, 0.5) is 0 Å². The molecule has 0 rings (SSSR count). The number of rotatable bonds is 8. The van der Waals surface area contributed by atoms with Gasteiger partial charge in [-0.05, 0) is 25.4 Å². The molecule has 2 heteroatoms. The van der Waals surface area contributed by atoms with Crippen LogP contribution < -0.4 is 5.32 Å². The second kappa shape index (κ2) is 8.76. The highest BCUT2D eigenvalue weighted by molar-refractivity contribution is 4.91. The van der Waals surface area contributed by atoms with Crippen molar-refractivity contribution in [3.05, 3.63) is 0 Å². The van der Waals surface area contributed by atoms with E-state index in [1.165, 1.54) is 0 Å². The molecule has 0 radical (unpaired) electrons. The van der Waals surface area contributed by atoms with Crippen LogP contribution in [0, 0.1) is 18.3 Å². The van der Waals surface area contributed by atoms with Crippen molar-refractivity contribution in [2.45, 2.75) is 40.2 Å². The fourth-order valence-electron chi connectivity index (χ4n) is 1.85. The van der Waals surface area contributed by atoms with Gasteiger partial charge in [-0.15, -0.1) is 6.42 Å². The van der Waals surface area contributed by atoms with Crippen molar-refractivity contribution in [1.82, 2.24) is 10.2 Å². The van der Waals surface area contributed by atoms with Gasteiger partial charge in [0, 0.05) is 12.6 Å². The maximum Gasteiger partial charge on any atom is 0.0601 e.